The maximum absolute atomic E-state index is 13.2. The lowest BCUT2D eigenvalue weighted by molar-refractivity contribution is -0.127. The lowest BCUT2D eigenvalue weighted by atomic mass is 10.2. The molecule has 0 atom stereocenters. The average molecular weight is 395 g/mol. The Labute approximate surface area is 167 Å². The van der Waals surface area contributed by atoms with Gasteiger partial charge in [-0.05, 0) is 37.1 Å². The van der Waals surface area contributed by atoms with E-state index in [9.17, 15) is 9.59 Å². The summed E-state index contributed by atoms with van der Waals surface area (Å²) in [7, 11) is 1.59. The van der Waals surface area contributed by atoms with Crippen LogP contribution in [0.15, 0.2) is 58.5 Å². The van der Waals surface area contributed by atoms with Gasteiger partial charge in [0, 0.05) is 19.2 Å². The second-order valence-corrected chi connectivity index (χ2v) is 7.57. The maximum Gasteiger partial charge on any atom is 0.266 e. The highest BCUT2D eigenvalue weighted by atomic mass is 32.2. The van der Waals surface area contributed by atoms with Crippen LogP contribution in [0.25, 0.3) is 16.6 Å². The maximum atomic E-state index is 13.2. The molecule has 0 saturated carbocycles. The molecule has 2 aromatic carbocycles. The van der Waals surface area contributed by atoms with E-state index in [1.807, 2.05) is 41.3 Å². The lowest BCUT2D eigenvalue weighted by Crippen LogP contribution is -2.29. The minimum absolute atomic E-state index is 0.0853. The van der Waals surface area contributed by atoms with Crippen LogP contribution < -0.4 is 10.3 Å². The van der Waals surface area contributed by atoms with Crippen molar-refractivity contribution in [2.45, 2.75) is 18.0 Å². The van der Waals surface area contributed by atoms with Crippen LogP contribution in [0.4, 0.5) is 0 Å². The van der Waals surface area contributed by atoms with E-state index in [4.69, 9.17) is 4.74 Å². The van der Waals surface area contributed by atoms with Crippen LogP contribution in [0.5, 0.6) is 5.75 Å². The third-order valence-corrected chi connectivity index (χ3v) is 5.76. The normalized spacial score (nSPS) is 13.8. The molecular weight excluding hydrogens is 374 g/mol. The van der Waals surface area contributed by atoms with Crippen LogP contribution in [0.3, 0.4) is 0 Å². The highest BCUT2D eigenvalue weighted by Crippen LogP contribution is 2.24. The Bertz CT molecular complexity index is 1070. The molecule has 6 nitrogen and oxygen atoms in total. The van der Waals surface area contributed by atoms with Crippen LogP contribution in [0, 0.1) is 0 Å². The monoisotopic (exact) mass is 395 g/mol. The number of fused-ring (bicyclic) bond motifs is 1. The lowest BCUT2D eigenvalue weighted by Gasteiger charge is -2.16. The van der Waals surface area contributed by atoms with E-state index >= 15 is 0 Å². The third kappa shape index (κ3) is 3.62. The Morgan fingerprint density at radius 2 is 1.93 bits per heavy atom. The molecule has 144 valence electrons. The molecule has 1 amide bonds. The number of thioether (sulfide) groups is 1. The molecular formula is C21H21N3O3S. The number of ether oxygens (including phenoxy) is 1. The molecule has 0 aliphatic carbocycles. The topological polar surface area (TPSA) is 64.4 Å². The molecule has 1 aliphatic heterocycles. The Morgan fingerprint density at radius 1 is 1.14 bits per heavy atom. The zero-order valence-electron chi connectivity index (χ0n) is 15.6. The molecule has 28 heavy (non-hydrogen) atoms. The minimum Gasteiger partial charge on any atom is -0.497 e. The van der Waals surface area contributed by atoms with Gasteiger partial charge in [-0.1, -0.05) is 30.0 Å². The number of nitrogens with zero attached hydrogens (tertiary/aromatic N) is 3. The second-order valence-electron chi connectivity index (χ2n) is 6.63. The standard InChI is InChI=1S/C21H21N3O3S/c1-27-16-8-6-7-15(13-16)24-20(26)17-9-2-3-10-18(17)22-21(24)28-14-19(25)23-11-4-5-12-23/h2-3,6-10,13H,4-5,11-12,14H2,1H3. The van der Waals surface area contributed by atoms with E-state index in [1.54, 1.807) is 23.8 Å². The Kier molecular flexibility index (Phi) is 5.34. The van der Waals surface area contributed by atoms with E-state index in [0.717, 1.165) is 25.9 Å². The van der Waals surface area contributed by atoms with Crippen molar-refractivity contribution in [2.75, 3.05) is 26.0 Å². The number of para-hydroxylation sites is 1. The van der Waals surface area contributed by atoms with Crippen LogP contribution in [-0.4, -0.2) is 46.3 Å². The van der Waals surface area contributed by atoms with Gasteiger partial charge in [0.1, 0.15) is 5.75 Å². The molecule has 1 saturated heterocycles. The predicted octanol–water partition coefficient (Wildman–Crippen LogP) is 3.11. The first-order valence-electron chi connectivity index (χ1n) is 9.24. The van der Waals surface area contributed by atoms with Crippen molar-refractivity contribution in [1.82, 2.24) is 14.5 Å². The van der Waals surface area contributed by atoms with Gasteiger partial charge >= 0.3 is 0 Å². The zero-order chi connectivity index (χ0) is 19.5. The van der Waals surface area contributed by atoms with Gasteiger partial charge in [-0.3, -0.25) is 14.2 Å². The van der Waals surface area contributed by atoms with E-state index in [0.29, 0.717) is 27.5 Å². The van der Waals surface area contributed by atoms with Crippen molar-refractivity contribution in [3.05, 3.63) is 58.9 Å². The van der Waals surface area contributed by atoms with E-state index < -0.39 is 0 Å². The molecule has 0 radical (unpaired) electrons. The largest absolute Gasteiger partial charge is 0.497 e. The van der Waals surface area contributed by atoms with Gasteiger partial charge in [0.15, 0.2) is 5.16 Å². The number of hydrogen-bond acceptors (Lipinski definition) is 5. The van der Waals surface area contributed by atoms with Gasteiger partial charge in [0.25, 0.3) is 5.56 Å². The number of carbonyl (C=O) groups excluding carboxylic acids is 1. The molecule has 0 N–H and O–H groups in total. The molecule has 0 unspecified atom stereocenters. The Balaban J connectivity index is 1.76. The smallest absolute Gasteiger partial charge is 0.266 e. The summed E-state index contributed by atoms with van der Waals surface area (Å²) in [6.45, 7) is 1.63. The van der Waals surface area contributed by atoms with Gasteiger partial charge in [-0.25, -0.2) is 4.98 Å². The van der Waals surface area contributed by atoms with Crippen molar-refractivity contribution in [2.24, 2.45) is 0 Å². The van der Waals surface area contributed by atoms with Crippen molar-refractivity contribution in [3.8, 4) is 11.4 Å². The fraction of sp³-hybridized carbons (Fsp3) is 0.286. The first-order valence-corrected chi connectivity index (χ1v) is 10.2. The van der Waals surface area contributed by atoms with Gasteiger partial charge < -0.3 is 9.64 Å². The molecule has 0 bridgehead atoms. The number of methoxy groups -OCH3 is 1. The summed E-state index contributed by atoms with van der Waals surface area (Å²) >= 11 is 1.30. The van der Waals surface area contributed by atoms with Gasteiger partial charge in [-0.15, -0.1) is 0 Å². The summed E-state index contributed by atoms with van der Waals surface area (Å²) in [4.78, 5) is 32.3. The number of rotatable bonds is 5. The van der Waals surface area contributed by atoms with Crippen LogP contribution in [0.2, 0.25) is 0 Å². The second kappa shape index (κ2) is 8.06. The summed E-state index contributed by atoms with van der Waals surface area (Å²) in [6, 6.07) is 14.6. The molecule has 0 spiro atoms. The molecule has 1 fully saturated rings. The number of aromatic nitrogens is 2. The van der Waals surface area contributed by atoms with Gasteiger partial charge in [0.05, 0.1) is 29.5 Å². The van der Waals surface area contributed by atoms with Crippen LogP contribution >= 0.6 is 11.8 Å². The van der Waals surface area contributed by atoms with E-state index in [-0.39, 0.29) is 17.2 Å². The summed E-state index contributed by atoms with van der Waals surface area (Å²) in [5, 5.41) is 1.05. The van der Waals surface area contributed by atoms with Crippen LogP contribution in [-0.2, 0) is 4.79 Å². The number of carbonyl (C=O) groups is 1. The van der Waals surface area contributed by atoms with Crippen molar-refractivity contribution in [3.63, 3.8) is 0 Å². The molecule has 3 aromatic rings. The molecule has 1 aliphatic rings. The molecule has 1 aromatic heterocycles. The Morgan fingerprint density at radius 3 is 2.71 bits per heavy atom. The third-order valence-electron chi connectivity index (χ3n) is 4.84. The fourth-order valence-electron chi connectivity index (χ4n) is 3.37. The number of likely N-dealkylation sites (tertiary alicyclic amines) is 1. The number of amides is 1. The minimum atomic E-state index is -0.157. The summed E-state index contributed by atoms with van der Waals surface area (Å²) < 4.78 is 6.87. The molecule has 7 heteroatoms. The fourth-order valence-corrected chi connectivity index (χ4v) is 4.29. The van der Waals surface area contributed by atoms with Crippen LogP contribution in [0.1, 0.15) is 12.8 Å². The molecule has 4 rings (SSSR count). The summed E-state index contributed by atoms with van der Waals surface area (Å²) in [5.74, 6) is 0.998. The number of benzene rings is 2. The Hall–Kier alpha value is -2.80. The summed E-state index contributed by atoms with van der Waals surface area (Å²) in [6.07, 6.45) is 2.11. The average Bonchev–Trinajstić information content (AvgIpc) is 3.27. The van der Waals surface area contributed by atoms with E-state index in [1.165, 1.54) is 11.8 Å². The van der Waals surface area contributed by atoms with Crippen molar-refractivity contribution < 1.29 is 9.53 Å². The molecule has 2 heterocycles. The van der Waals surface area contributed by atoms with E-state index in [2.05, 4.69) is 4.98 Å². The number of hydrogen-bond donors (Lipinski definition) is 0. The van der Waals surface area contributed by atoms with Crippen molar-refractivity contribution >= 4 is 28.6 Å². The zero-order valence-corrected chi connectivity index (χ0v) is 16.4. The first-order chi connectivity index (χ1) is 13.7. The predicted molar refractivity (Wildman–Crippen MR) is 110 cm³/mol. The van der Waals surface area contributed by atoms with Gasteiger partial charge in [-0.2, -0.15) is 0 Å². The highest BCUT2D eigenvalue weighted by molar-refractivity contribution is 7.99. The first kappa shape index (κ1) is 18.6. The van der Waals surface area contributed by atoms with Gasteiger partial charge in [0.2, 0.25) is 5.91 Å². The summed E-state index contributed by atoms with van der Waals surface area (Å²) in [5.41, 5.74) is 1.14. The SMILES string of the molecule is COc1cccc(-n2c(SCC(=O)N3CCCC3)nc3ccccc3c2=O)c1. The quantitative estimate of drug-likeness (QED) is 0.491. The highest BCUT2D eigenvalue weighted by Gasteiger charge is 2.20. The van der Waals surface area contributed by atoms with Crippen molar-refractivity contribution in [1.29, 1.82) is 0 Å².